The lowest BCUT2D eigenvalue weighted by Gasteiger charge is -1.88. The fourth-order valence-corrected chi connectivity index (χ4v) is 0.352. The van der Waals surface area contributed by atoms with Crippen molar-refractivity contribution in [1.82, 2.24) is 0 Å². The van der Waals surface area contributed by atoms with Crippen LogP contribution in [-0.2, 0) is 0 Å². The standard InChI is InChI=1S/C7H6O2/c8-5-6-1-3-7(9)4-2-6/h1-5,9H/i1D,2D,3D,4D,5D/hD. The Kier molecular flexibility index (Phi) is 0.471. The Hall–Kier alpha value is -1.31. The second kappa shape index (κ2) is 2.31. The van der Waals surface area contributed by atoms with Crippen molar-refractivity contribution in [3.63, 3.8) is 0 Å². The maximum absolute atomic E-state index is 10.8. The highest BCUT2D eigenvalue weighted by atomic mass is 16.3. The molecule has 2 heteroatoms. The number of carbonyl (C=O) groups is 1. The highest BCUT2D eigenvalue weighted by Crippen LogP contribution is 2.07. The zero-order valence-corrected chi connectivity index (χ0v) is 4.32. The van der Waals surface area contributed by atoms with Gasteiger partial charge >= 0.3 is 0 Å². The van der Waals surface area contributed by atoms with Gasteiger partial charge in [-0.15, -0.1) is 0 Å². The van der Waals surface area contributed by atoms with Crippen LogP contribution in [0.1, 0.15) is 17.2 Å². The lowest BCUT2D eigenvalue weighted by molar-refractivity contribution is 0.112. The zero-order chi connectivity index (χ0) is 11.7. The Morgan fingerprint density at radius 2 is 2.33 bits per heavy atom. The molecule has 9 heavy (non-hydrogen) atoms. The van der Waals surface area contributed by atoms with Crippen LogP contribution in [0.25, 0.3) is 0 Å². The van der Waals surface area contributed by atoms with Gasteiger partial charge in [0.2, 0.25) is 0 Å². The topological polar surface area (TPSA) is 37.3 Å². The molecule has 0 saturated heterocycles. The van der Waals surface area contributed by atoms with Crippen LogP contribution in [0, 0.1) is 0 Å². The van der Waals surface area contributed by atoms with Crippen LogP contribution in [0.2, 0.25) is 0 Å². The van der Waals surface area contributed by atoms with Gasteiger partial charge in [0.25, 0.3) is 1.43 Å². The molecular formula is C7H6O2. The first-order valence-electron chi connectivity index (χ1n) is 5.07. The van der Waals surface area contributed by atoms with E-state index in [-0.39, 0.29) is 0 Å². The maximum atomic E-state index is 10.8. The molecule has 2 nitrogen and oxygen atoms in total. The molecule has 0 atom stereocenters. The van der Waals surface area contributed by atoms with Gasteiger partial charge < -0.3 is 5.11 Å². The summed E-state index contributed by atoms with van der Waals surface area (Å²) in [6.45, 7) is 0. The second-order valence-electron chi connectivity index (χ2n) is 1.31. The first kappa shape index (κ1) is 1.84. The smallest absolute Gasteiger partial charge is 0.293 e. The van der Waals surface area contributed by atoms with Crippen LogP contribution in [-0.4, -0.2) is 12.8 Å². The summed E-state index contributed by atoms with van der Waals surface area (Å²) < 4.78 is 42.6. The van der Waals surface area contributed by atoms with E-state index in [2.05, 4.69) is 5.11 Å². The van der Waals surface area contributed by atoms with Crippen LogP contribution in [0.4, 0.5) is 0 Å². The molecule has 0 bridgehead atoms. The van der Waals surface area contributed by atoms with Gasteiger partial charge in [-0.3, -0.25) is 4.79 Å². The molecule has 0 aliphatic rings. The fourth-order valence-electron chi connectivity index (χ4n) is 0.352. The van der Waals surface area contributed by atoms with Gasteiger partial charge in [0.15, 0.2) is 0 Å². The molecule has 0 spiro atoms. The molecule has 0 radical (unpaired) electrons. The number of phenols is 1. The van der Waals surface area contributed by atoms with E-state index in [4.69, 9.17) is 8.28 Å². The van der Waals surface area contributed by atoms with E-state index in [0.29, 0.717) is 0 Å². The fraction of sp³-hybridized carbons (Fsp3) is 0. The van der Waals surface area contributed by atoms with Crippen LogP contribution in [0.3, 0.4) is 0 Å². The molecule has 0 aromatic heterocycles. The van der Waals surface area contributed by atoms with Crippen molar-refractivity contribution in [2.75, 3.05) is 0 Å². The summed E-state index contributed by atoms with van der Waals surface area (Å²) in [5.41, 5.74) is -0.620. The number of benzene rings is 1. The molecule has 1 rings (SSSR count). The van der Waals surface area contributed by atoms with E-state index >= 15 is 0 Å². The van der Waals surface area contributed by atoms with E-state index in [1.54, 1.807) is 0 Å². The van der Waals surface area contributed by atoms with Crippen LogP contribution in [0.5, 0.6) is 5.75 Å². The molecule has 0 aliphatic carbocycles. The molecule has 1 aromatic rings. The molecule has 0 heterocycles. The normalized spacial score (nSPS) is 17.8. The summed E-state index contributed by atoms with van der Waals surface area (Å²) in [6.07, 6.45) is -1.30. The average molecular weight is 128 g/mol. The van der Waals surface area contributed by atoms with Gasteiger partial charge in [-0.05, 0) is 24.2 Å². The molecule has 0 fully saturated rings. The first-order valence-corrected chi connectivity index (χ1v) is 2.16. The average Bonchev–Trinajstić information content (AvgIpc) is 2.16. The van der Waals surface area contributed by atoms with Crippen molar-refractivity contribution >= 4 is 6.26 Å². The predicted molar refractivity (Wildman–Crippen MR) is 33.5 cm³/mol. The SMILES string of the molecule is [2H]Oc1c([2H])c([2H])c(C([2H])=O)c([2H])c1[2H]. The molecule has 0 aliphatic heterocycles. The maximum Gasteiger partial charge on any atom is 0.293 e. The number of hydrogen-bond donors (Lipinski definition) is 1. The van der Waals surface area contributed by atoms with Gasteiger partial charge in [0, 0.05) is 5.56 Å². The van der Waals surface area contributed by atoms with Crippen molar-refractivity contribution in [3.8, 4) is 5.75 Å². The molecule has 0 saturated carbocycles. The monoisotopic (exact) mass is 128 g/mol. The van der Waals surface area contributed by atoms with Crippen LogP contribution in [0.15, 0.2) is 24.2 Å². The van der Waals surface area contributed by atoms with Crippen molar-refractivity contribution in [1.29, 1.82) is 1.43 Å². The number of carbonyl (C=O) groups excluding carboxylic acids is 1. The van der Waals surface area contributed by atoms with E-state index < -0.39 is 41.7 Å². The molecule has 1 aromatic carbocycles. The lowest BCUT2D eigenvalue weighted by Crippen LogP contribution is -1.74. The van der Waals surface area contributed by atoms with Crippen molar-refractivity contribution in [2.24, 2.45) is 0 Å². The molecular weight excluding hydrogens is 116 g/mol. The van der Waals surface area contributed by atoms with E-state index in [0.717, 1.165) is 0 Å². The van der Waals surface area contributed by atoms with Crippen molar-refractivity contribution in [3.05, 3.63) is 29.7 Å². The second-order valence-corrected chi connectivity index (χ2v) is 1.31. The number of hydrogen-bond acceptors (Lipinski definition) is 2. The minimum absolute atomic E-state index is 0.560. The minimum atomic E-state index is -1.30. The van der Waals surface area contributed by atoms with Gasteiger partial charge in [0.1, 0.15) is 13.4 Å². The van der Waals surface area contributed by atoms with Crippen molar-refractivity contribution < 1.29 is 16.8 Å². The zero-order valence-electron chi connectivity index (χ0n) is 10.3. The number of aldehydes is 1. The Morgan fingerprint density at radius 1 is 1.67 bits per heavy atom. The third-order valence-electron chi connectivity index (χ3n) is 0.704. The van der Waals surface area contributed by atoms with Gasteiger partial charge in [-0.2, -0.15) is 0 Å². The van der Waals surface area contributed by atoms with E-state index in [9.17, 15) is 4.79 Å². The summed E-state index contributed by atoms with van der Waals surface area (Å²) in [6, 6.07) is -2.61. The Bertz CT molecular complexity index is 401. The highest BCUT2D eigenvalue weighted by molar-refractivity contribution is 5.74. The van der Waals surface area contributed by atoms with Gasteiger partial charge in [0.05, 0.1) is 5.48 Å². The summed E-state index contributed by atoms with van der Waals surface area (Å²) in [5, 5.41) is 3.93. The Labute approximate surface area is 61.3 Å². The molecule has 46 valence electrons. The Morgan fingerprint density at radius 3 is 2.78 bits per heavy atom. The summed E-state index contributed by atoms with van der Waals surface area (Å²) >= 11 is 0. The summed E-state index contributed by atoms with van der Waals surface area (Å²) in [5.74, 6) is -0.560. The molecule has 0 amide bonds. The van der Waals surface area contributed by atoms with Gasteiger partial charge in [-0.1, -0.05) is 0 Å². The molecule has 0 unspecified atom stereocenters. The van der Waals surface area contributed by atoms with E-state index in [1.807, 2.05) is 0 Å². The summed E-state index contributed by atoms with van der Waals surface area (Å²) in [4.78, 5) is 10.8. The van der Waals surface area contributed by atoms with Crippen LogP contribution >= 0.6 is 0 Å². The predicted octanol–water partition coefficient (Wildman–Crippen LogP) is 1.20. The largest absolute Gasteiger partial charge is 0.508 e. The van der Waals surface area contributed by atoms with E-state index in [1.165, 1.54) is 0 Å². The Balaban J connectivity index is 3.66. The third kappa shape index (κ3) is 1.29. The first-order chi connectivity index (χ1) is 6.91. The third-order valence-corrected chi connectivity index (χ3v) is 0.704. The van der Waals surface area contributed by atoms with Crippen LogP contribution < -0.4 is 0 Å². The molecule has 1 N–H and O–H groups in total. The number of rotatable bonds is 2. The van der Waals surface area contributed by atoms with Gasteiger partial charge in [-0.25, -0.2) is 0 Å². The minimum Gasteiger partial charge on any atom is -0.508 e. The quantitative estimate of drug-likeness (QED) is 0.608. The van der Waals surface area contributed by atoms with Crippen molar-refractivity contribution in [2.45, 2.75) is 0 Å². The highest BCUT2D eigenvalue weighted by Gasteiger charge is 1.86. The lowest BCUT2D eigenvalue weighted by atomic mass is 10.2. The summed E-state index contributed by atoms with van der Waals surface area (Å²) in [7, 11) is 0. The number of aromatic hydroxyl groups is 1. The number of phenolic OH excluding ortho intramolecular Hbond substituents is 1.